The highest BCUT2D eigenvalue weighted by atomic mass is 32.2. The van der Waals surface area contributed by atoms with Gasteiger partial charge in [0.25, 0.3) is 0 Å². The van der Waals surface area contributed by atoms with Crippen LogP contribution >= 0.6 is 11.9 Å². The lowest BCUT2D eigenvalue weighted by Gasteiger charge is -2.02. The van der Waals surface area contributed by atoms with E-state index in [9.17, 15) is 9.59 Å². The molecule has 1 aromatic carbocycles. The van der Waals surface area contributed by atoms with Gasteiger partial charge in [-0.2, -0.15) is 0 Å². The summed E-state index contributed by atoms with van der Waals surface area (Å²) in [5, 5.41) is 8.11. The molecule has 0 unspecified atom stereocenters. The molecule has 6 heteroatoms. The van der Waals surface area contributed by atoms with E-state index in [0.29, 0.717) is 5.75 Å². The lowest BCUT2D eigenvalue weighted by Crippen LogP contribution is -2.20. The standard InChI is InChI=1S/C9H9NO4S/c11-8(14-9(12)13)10-15-6-7-4-2-1-3-5-7/h1-5H,6H2,(H,10,11)(H,12,13). The highest BCUT2D eigenvalue weighted by molar-refractivity contribution is 7.97. The second-order valence-corrected chi connectivity index (χ2v) is 3.31. The fourth-order valence-electron chi connectivity index (χ4n) is 0.853. The van der Waals surface area contributed by atoms with Gasteiger partial charge in [0.15, 0.2) is 0 Å². The lowest BCUT2D eigenvalue weighted by atomic mass is 10.2. The molecule has 0 spiro atoms. The van der Waals surface area contributed by atoms with Gasteiger partial charge in [-0.3, -0.25) is 4.72 Å². The van der Waals surface area contributed by atoms with Gasteiger partial charge in [-0.15, -0.1) is 0 Å². The SMILES string of the molecule is O=C(O)OC(=O)NSCc1ccccc1. The van der Waals surface area contributed by atoms with Crippen molar-refractivity contribution in [3.05, 3.63) is 35.9 Å². The van der Waals surface area contributed by atoms with Crippen LogP contribution in [0.4, 0.5) is 9.59 Å². The lowest BCUT2D eigenvalue weighted by molar-refractivity contribution is 0.113. The van der Waals surface area contributed by atoms with E-state index in [1.165, 1.54) is 0 Å². The highest BCUT2D eigenvalue weighted by Crippen LogP contribution is 2.08. The number of amides is 1. The number of rotatable bonds is 3. The molecule has 0 saturated heterocycles. The summed E-state index contributed by atoms with van der Waals surface area (Å²) in [5.41, 5.74) is 1.03. The van der Waals surface area contributed by atoms with Gasteiger partial charge in [-0.05, 0) is 17.5 Å². The maximum absolute atomic E-state index is 10.7. The first-order valence-electron chi connectivity index (χ1n) is 4.05. The molecule has 1 amide bonds. The predicted octanol–water partition coefficient (Wildman–Crippen LogP) is 2.24. The third-order valence-corrected chi connectivity index (χ3v) is 2.21. The summed E-state index contributed by atoms with van der Waals surface area (Å²) in [5.74, 6) is 0.551. The van der Waals surface area contributed by atoms with Crippen LogP contribution in [0.5, 0.6) is 0 Å². The fraction of sp³-hybridized carbons (Fsp3) is 0.111. The summed E-state index contributed by atoms with van der Waals surface area (Å²) in [6.07, 6.45) is -2.60. The smallest absolute Gasteiger partial charge is 0.449 e. The largest absolute Gasteiger partial charge is 0.514 e. The monoisotopic (exact) mass is 227 g/mol. The molecule has 0 fully saturated rings. The van der Waals surface area contributed by atoms with Crippen molar-refractivity contribution < 1.29 is 19.4 Å². The summed E-state index contributed by atoms with van der Waals surface area (Å²) in [6, 6.07) is 9.45. The Hall–Kier alpha value is -1.69. The average Bonchev–Trinajstić information content (AvgIpc) is 2.18. The normalized spacial score (nSPS) is 9.33. The molecule has 0 aliphatic heterocycles. The second-order valence-electron chi connectivity index (χ2n) is 2.53. The second kappa shape index (κ2) is 5.92. The molecule has 1 rings (SSSR count). The third kappa shape index (κ3) is 4.92. The molecule has 1 aromatic rings. The number of benzene rings is 1. The number of hydrogen-bond acceptors (Lipinski definition) is 4. The zero-order chi connectivity index (χ0) is 11.1. The van der Waals surface area contributed by atoms with Crippen LogP contribution in [0, 0.1) is 0 Å². The Morgan fingerprint density at radius 3 is 2.60 bits per heavy atom. The van der Waals surface area contributed by atoms with Crippen molar-refractivity contribution in [2.45, 2.75) is 5.75 Å². The van der Waals surface area contributed by atoms with Gasteiger partial charge in [0.2, 0.25) is 0 Å². The number of nitrogens with one attached hydrogen (secondary N) is 1. The quantitative estimate of drug-likeness (QED) is 0.470. The minimum absolute atomic E-state index is 0.551. The average molecular weight is 227 g/mol. The summed E-state index contributed by atoms with van der Waals surface area (Å²) in [7, 11) is 0. The van der Waals surface area contributed by atoms with Crippen LogP contribution in [0.2, 0.25) is 0 Å². The van der Waals surface area contributed by atoms with E-state index in [-0.39, 0.29) is 0 Å². The number of hydrogen-bond donors (Lipinski definition) is 2. The van der Waals surface area contributed by atoms with Crippen LogP contribution in [-0.4, -0.2) is 17.4 Å². The van der Waals surface area contributed by atoms with Gasteiger partial charge in [0.05, 0.1) is 0 Å². The van der Waals surface area contributed by atoms with Crippen molar-refractivity contribution in [3.63, 3.8) is 0 Å². The van der Waals surface area contributed by atoms with Gasteiger partial charge in [-0.25, -0.2) is 9.59 Å². The highest BCUT2D eigenvalue weighted by Gasteiger charge is 2.06. The molecular formula is C9H9NO4S. The molecule has 0 aromatic heterocycles. The van der Waals surface area contributed by atoms with Crippen molar-refractivity contribution in [2.75, 3.05) is 0 Å². The maximum Gasteiger partial charge on any atom is 0.514 e. The van der Waals surface area contributed by atoms with Crippen molar-refractivity contribution >= 4 is 24.2 Å². The molecule has 5 nitrogen and oxygen atoms in total. The molecule has 80 valence electrons. The van der Waals surface area contributed by atoms with E-state index in [1.807, 2.05) is 30.3 Å². The van der Waals surface area contributed by atoms with E-state index < -0.39 is 12.2 Å². The molecule has 15 heavy (non-hydrogen) atoms. The van der Waals surface area contributed by atoms with E-state index >= 15 is 0 Å². The van der Waals surface area contributed by atoms with E-state index in [4.69, 9.17) is 5.11 Å². The Morgan fingerprint density at radius 2 is 2.00 bits per heavy atom. The number of carboxylic acid groups (broad SMARTS) is 1. The first-order chi connectivity index (χ1) is 7.18. The minimum atomic E-state index is -1.62. The van der Waals surface area contributed by atoms with Gasteiger partial charge >= 0.3 is 12.2 Å². The Kier molecular flexibility index (Phi) is 4.49. The van der Waals surface area contributed by atoms with Gasteiger partial charge in [0.1, 0.15) is 0 Å². The Labute approximate surface area is 90.6 Å². The molecule has 0 bridgehead atoms. The molecular weight excluding hydrogens is 218 g/mol. The zero-order valence-electron chi connectivity index (χ0n) is 7.67. The van der Waals surface area contributed by atoms with E-state index in [2.05, 4.69) is 9.46 Å². The molecule has 0 heterocycles. The molecule has 0 atom stereocenters. The minimum Gasteiger partial charge on any atom is -0.449 e. The third-order valence-electron chi connectivity index (χ3n) is 1.42. The Balaban J connectivity index is 2.22. The molecule has 0 aliphatic carbocycles. The number of carbonyl (C=O) groups excluding carboxylic acids is 1. The van der Waals surface area contributed by atoms with Gasteiger partial charge in [-0.1, -0.05) is 30.3 Å². The summed E-state index contributed by atoms with van der Waals surface area (Å²) < 4.78 is 6.07. The molecule has 0 saturated carbocycles. The first kappa shape index (κ1) is 11.4. The van der Waals surface area contributed by atoms with Gasteiger partial charge in [0, 0.05) is 5.75 Å². The van der Waals surface area contributed by atoms with Crippen LogP contribution in [0.25, 0.3) is 0 Å². The number of ether oxygens (including phenoxy) is 1. The maximum atomic E-state index is 10.7. The summed E-state index contributed by atoms with van der Waals surface area (Å²) in [6.45, 7) is 0. The summed E-state index contributed by atoms with van der Waals surface area (Å²) >= 11 is 1.07. The fourth-order valence-corrected chi connectivity index (χ4v) is 1.44. The zero-order valence-corrected chi connectivity index (χ0v) is 8.49. The van der Waals surface area contributed by atoms with Crippen molar-refractivity contribution in [2.24, 2.45) is 0 Å². The molecule has 2 N–H and O–H groups in total. The topological polar surface area (TPSA) is 75.6 Å². The Morgan fingerprint density at radius 1 is 1.33 bits per heavy atom. The number of carbonyl (C=O) groups is 2. The van der Waals surface area contributed by atoms with Crippen molar-refractivity contribution in [1.82, 2.24) is 4.72 Å². The van der Waals surface area contributed by atoms with Crippen LogP contribution in [0.1, 0.15) is 5.56 Å². The van der Waals surface area contributed by atoms with Crippen molar-refractivity contribution in [3.8, 4) is 0 Å². The van der Waals surface area contributed by atoms with Crippen LogP contribution < -0.4 is 4.72 Å². The summed E-state index contributed by atoms with van der Waals surface area (Å²) in [4.78, 5) is 20.7. The van der Waals surface area contributed by atoms with Crippen LogP contribution in [-0.2, 0) is 10.5 Å². The van der Waals surface area contributed by atoms with E-state index in [1.54, 1.807) is 0 Å². The van der Waals surface area contributed by atoms with Crippen LogP contribution in [0.3, 0.4) is 0 Å². The van der Waals surface area contributed by atoms with Crippen molar-refractivity contribution in [1.29, 1.82) is 0 Å². The molecule has 0 aliphatic rings. The van der Waals surface area contributed by atoms with E-state index in [0.717, 1.165) is 17.5 Å². The molecule has 0 radical (unpaired) electrons. The predicted molar refractivity (Wildman–Crippen MR) is 55.4 cm³/mol. The Bertz CT molecular complexity index is 341. The van der Waals surface area contributed by atoms with Gasteiger partial charge < -0.3 is 9.84 Å². The first-order valence-corrected chi connectivity index (χ1v) is 5.03. The van der Waals surface area contributed by atoms with Crippen LogP contribution in [0.15, 0.2) is 30.3 Å².